The summed E-state index contributed by atoms with van der Waals surface area (Å²) in [5.74, 6) is -1.03. The van der Waals surface area contributed by atoms with Gasteiger partial charge in [0, 0.05) is 0 Å². The van der Waals surface area contributed by atoms with Crippen LogP contribution in [0.15, 0.2) is 12.1 Å². The lowest BCUT2D eigenvalue weighted by Gasteiger charge is -2.06. The highest BCUT2D eigenvalue weighted by Gasteiger charge is 2.14. The average Bonchev–Trinajstić information content (AvgIpc) is 2.16. The van der Waals surface area contributed by atoms with Gasteiger partial charge in [0.15, 0.2) is 0 Å². The summed E-state index contributed by atoms with van der Waals surface area (Å²) in [5, 5.41) is 18.0. The number of nitrogens with zero attached hydrogens (tertiary/aromatic N) is 1. The fourth-order valence-corrected chi connectivity index (χ4v) is 1.53. The van der Waals surface area contributed by atoms with Crippen LogP contribution >= 0.6 is 11.6 Å². The first-order valence-electron chi connectivity index (χ1n) is 4.06. The second-order valence-electron chi connectivity index (χ2n) is 2.72. The number of benzene rings is 1. The van der Waals surface area contributed by atoms with Gasteiger partial charge in [0.25, 0.3) is 0 Å². The van der Waals surface area contributed by atoms with E-state index in [0.29, 0.717) is 17.0 Å². The van der Waals surface area contributed by atoms with E-state index in [0.717, 1.165) is 0 Å². The van der Waals surface area contributed by atoms with Crippen molar-refractivity contribution in [2.24, 2.45) is 0 Å². The molecule has 0 unspecified atom stereocenters. The molecule has 1 aromatic rings. The first-order valence-corrected chi connectivity index (χ1v) is 4.44. The lowest BCUT2D eigenvalue weighted by Crippen LogP contribution is -2.04. The van der Waals surface area contributed by atoms with Crippen molar-refractivity contribution in [1.29, 1.82) is 5.26 Å². The Kier molecular flexibility index (Phi) is 3.10. The maximum Gasteiger partial charge on any atom is 0.336 e. The van der Waals surface area contributed by atoms with Crippen LogP contribution < -0.4 is 0 Å². The number of nitriles is 1. The van der Waals surface area contributed by atoms with Crippen LogP contribution in [-0.4, -0.2) is 11.1 Å². The summed E-state index contributed by atoms with van der Waals surface area (Å²) < 4.78 is 0. The van der Waals surface area contributed by atoms with Crippen LogP contribution in [-0.2, 0) is 6.42 Å². The molecule has 0 amide bonds. The number of carbonyl (C=O) groups is 1. The number of hydrogen-bond donors (Lipinski definition) is 1. The number of carboxylic acids is 1. The van der Waals surface area contributed by atoms with E-state index in [4.69, 9.17) is 22.0 Å². The Labute approximate surface area is 86.5 Å². The largest absolute Gasteiger partial charge is 0.478 e. The molecule has 1 N–H and O–H groups in total. The maximum absolute atomic E-state index is 10.8. The van der Waals surface area contributed by atoms with Gasteiger partial charge in [-0.25, -0.2) is 4.79 Å². The van der Waals surface area contributed by atoms with Crippen molar-refractivity contribution in [2.45, 2.75) is 13.3 Å². The summed E-state index contributed by atoms with van der Waals surface area (Å²) in [4.78, 5) is 10.8. The molecule has 3 nitrogen and oxygen atoms in total. The molecule has 0 saturated carbocycles. The molecule has 0 aromatic heterocycles. The van der Waals surface area contributed by atoms with E-state index in [1.54, 1.807) is 6.92 Å². The summed E-state index contributed by atoms with van der Waals surface area (Å²) >= 11 is 5.77. The third-order valence-corrected chi connectivity index (χ3v) is 2.27. The molecular weight excluding hydrogens is 202 g/mol. The van der Waals surface area contributed by atoms with Gasteiger partial charge in [-0.2, -0.15) is 5.26 Å². The predicted octanol–water partition coefficient (Wildman–Crippen LogP) is 2.47. The Morgan fingerprint density at radius 3 is 2.71 bits per heavy atom. The second-order valence-corrected chi connectivity index (χ2v) is 3.13. The third kappa shape index (κ3) is 1.70. The zero-order valence-electron chi connectivity index (χ0n) is 7.54. The van der Waals surface area contributed by atoms with Crippen LogP contribution in [0.5, 0.6) is 0 Å². The monoisotopic (exact) mass is 209 g/mol. The van der Waals surface area contributed by atoms with E-state index in [-0.39, 0.29) is 11.1 Å². The highest BCUT2D eigenvalue weighted by Crippen LogP contribution is 2.23. The number of carboxylic acid groups (broad SMARTS) is 1. The van der Waals surface area contributed by atoms with Crippen LogP contribution in [0.3, 0.4) is 0 Å². The van der Waals surface area contributed by atoms with Crippen molar-refractivity contribution in [3.05, 3.63) is 33.8 Å². The van der Waals surface area contributed by atoms with Crippen molar-refractivity contribution in [3.63, 3.8) is 0 Å². The van der Waals surface area contributed by atoms with E-state index in [9.17, 15) is 4.79 Å². The fourth-order valence-electron chi connectivity index (χ4n) is 1.31. The average molecular weight is 210 g/mol. The van der Waals surface area contributed by atoms with Gasteiger partial charge >= 0.3 is 5.97 Å². The Hall–Kier alpha value is -1.53. The Morgan fingerprint density at radius 2 is 2.29 bits per heavy atom. The minimum absolute atomic E-state index is 0.147. The summed E-state index contributed by atoms with van der Waals surface area (Å²) in [7, 11) is 0. The Balaban J connectivity index is 3.50. The molecule has 72 valence electrons. The summed E-state index contributed by atoms with van der Waals surface area (Å²) in [6.45, 7) is 1.79. The van der Waals surface area contributed by atoms with Crippen molar-refractivity contribution in [2.75, 3.05) is 0 Å². The molecule has 14 heavy (non-hydrogen) atoms. The SMILES string of the molecule is CCc1c(C(=O)O)ccc(Cl)c1C#N. The minimum Gasteiger partial charge on any atom is -0.478 e. The first kappa shape index (κ1) is 10.6. The molecular formula is C10H8ClNO2. The maximum atomic E-state index is 10.8. The molecule has 0 spiro atoms. The lowest BCUT2D eigenvalue weighted by molar-refractivity contribution is 0.0695. The molecule has 4 heteroatoms. The van der Waals surface area contributed by atoms with E-state index in [2.05, 4.69) is 0 Å². The number of halogens is 1. The smallest absolute Gasteiger partial charge is 0.336 e. The summed E-state index contributed by atoms with van der Waals surface area (Å²) in [5.41, 5.74) is 0.898. The molecule has 0 aliphatic carbocycles. The molecule has 0 heterocycles. The third-order valence-electron chi connectivity index (χ3n) is 1.96. The zero-order valence-corrected chi connectivity index (χ0v) is 8.30. The second kappa shape index (κ2) is 4.12. The van der Waals surface area contributed by atoms with Gasteiger partial charge in [0.1, 0.15) is 6.07 Å². The molecule has 0 bridgehead atoms. The fraction of sp³-hybridized carbons (Fsp3) is 0.200. The standard InChI is InChI=1S/C10H8ClNO2/c1-2-6-7(10(13)14)3-4-9(11)8(6)5-12/h3-4H,2H2,1H3,(H,13,14). The van der Waals surface area contributed by atoms with Gasteiger partial charge in [-0.15, -0.1) is 0 Å². The molecule has 0 aliphatic heterocycles. The van der Waals surface area contributed by atoms with Crippen LogP contribution in [0.4, 0.5) is 0 Å². The number of rotatable bonds is 2. The van der Waals surface area contributed by atoms with Crippen LogP contribution in [0.1, 0.15) is 28.4 Å². The highest BCUT2D eigenvalue weighted by molar-refractivity contribution is 6.32. The van der Waals surface area contributed by atoms with Crippen molar-refractivity contribution < 1.29 is 9.90 Å². The summed E-state index contributed by atoms with van der Waals surface area (Å²) in [6, 6.07) is 4.77. The van der Waals surface area contributed by atoms with Crippen molar-refractivity contribution in [3.8, 4) is 6.07 Å². The predicted molar refractivity (Wildman–Crippen MR) is 52.5 cm³/mol. The van der Waals surface area contributed by atoms with Gasteiger partial charge in [-0.1, -0.05) is 18.5 Å². The molecule has 0 radical (unpaired) electrons. The highest BCUT2D eigenvalue weighted by atomic mass is 35.5. The van der Waals surface area contributed by atoms with Gasteiger partial charge in [-0.3, -0.25) is 0 Å². The Bertz CT molecular complexity index is 421. The molecule has 1 aromatic carbocycles. The van der Waals surface area contributed by atoms with Gasteiger partial charge in [0.2, 0.25) is 0 Å². The molecule has 1 rings (SSSR count). The topological polar surface area (TPSA) is 61.1 Å². The van der Waals surface area contributed by atoms with E-state index in [1.165, 1.54) is 12.1 Å². The van der Waals surface area contributed by atoms with Gasteiger partial charge < -0.3 is 5.11 Å². The van der Waals surface area contributed by atoms with E-state index in [1.807, 2.05) is 6.07 Å². The first-order chi connectivity index (χ1) is 6.61. The number of hydrogen-bond acceptors (Lipinski definition) is 2. The molecule has 0 atom stereocenters. The zero-order chi connectivity index (χ0) is 10.7. The van der Waals surface area contributed by atoms with Gasteiger partial charge in [0.05, 0.1) is 16.1 Å². The van der Waals surface area contributed by atoms with Crippen LogP contribution in [0.2, 0.25) is 5.02 Å². The van der Waals surface area contributed by atoms with Crippen LogP contribution in [0, 0.1) is 11.3 Å². The van der Waals surface area contributed by atoms with Gasteiger partial charge in [-0.05, 0) is 24.1 Å². The lowest BCUT2D eigenvalue weighted by atomic mass is 9.99. The van der Waals surface area contributed by atoms with E-state index < -0.39 is 5.97 Å². The van der Waals surface area contributed by atoms with Crippen LogP contribution in [0.25, 0.3) is 0 Å². The molecule has 0 saturated heterocycles. The Morgan fingerprint density at radius 1 is 1.64 bits per heavy atom. The quantitative estimate of drug-likeness (QED) is 0.814. The summed E-state index contributed by atoms with van der Waals surface area (Å²) in [6.07, 6.45) is 0.477. The van der Waals surface area contributed by atoms with E-state index >= 15 is 0 Å². The number of aromatic carboxylic acids is 1. The molecule has 0 aliphatic rings. The van der Waals surface area contributed by atoms with Crippen molar-refractivity contribution in [1.82, 2.24) is 0 Å². The normalized spacial score (nSPS) is 9.50. The minimum atomic E-state index is -1.03. The molecule has 0 fully saturated rings. The van der Waals surface area contributed by atoms with Crippen molar-refractivity contribution >= 4 is 17.6 Å².